The molecule has 4 nitrogen and oxygen atoms in total. The topological polar surface area (TPSA) is 34.6 Å². The van der Waals surface area contributed by atoms with E-state index < -0.39 is 0 Å². The molecular formula is C17H22N2O2S. The van der Waals surface area contributed by atoms with Gasteiger partial charge in [0.15, 0.2) is 0 Å². The lowest BCUT2D eigenvalue weighted by Gasteiger charge is -2.26. The molecular weight excluding hydrogens is 296 g/mol. The van der Waals surface area contributed by atoms with Gasteiger partial charge in [0.25, 0.3) is 0 Å². The molecule has 0 saturated carbocycles. The molecule has 0 bridgehead atoms. The minimum absolute atomic E-state index is 0.716. The molecule has 0 atom stereocenters. The second kappa shape index (κ2) is 7.22. The van der Waals surface area contributed by atoms with Crippen LogP contribution in [0.25, 0.3) is 11.3 Å². The predicted molar refractivity (Wildman–Crippen MR) is 89.8 cm³/mol. The van der Waals surface area contributed by atoms with Crippen molar-refractivity contribution >= 4 is 11.3 Å². The van der Waals surface area contributed by atoms with E-state index in [1.807, 2.05) is 19.1 Å². The molecule has 2 heterocycles. The Labute approximate surface area is 135 Å². The normalized spacial score (nSPS) is 15.9. The Balaban J connectivity index is 1.54. The Morgan fingerprint density at radius 3 is 2.55 bits per heavy atom. The minimum atomic E-state index is 0.716. The second-order valence-corrected chi connectivity index (χ2v) is 6.87. The zero-order chi connectivity index (χ0) is 15.4. The summed E-state index contributed by atoms with van der Waals surface area (Å²) in [6, 6.07) is 8.24. The van der Waals surface area contributed by atoms with Crippen LogP contribution in [0.15, 0.2) is 24.3 Å². The number of thiazole rings is 1. The molecule has 0 amide bonds. The van der Waals surface area contributed by atoms with Crippen LogP contribution in [0.1, 0.15) is 9.88 Å². The average molecular weight is 318 g/mol. The highest BCUT2D eigenvalue weighted by Gasteiger charge is 2.10. The third-order valence-corrected chi connectivity index (χ3v) is 4.70. The summed E-state index contributed by atoms with van der Waals surface area (Å²) in [5, 5.41) is 1.11. The Morgan fingerprint density at radius 1 is 1.18 bits per heavy atom. The van der Waals surface area contributed by atoms with Gasteiger partial charge in [-0.05, 0) is 38.1 Å². The summed E-state index contributed by atoms with van der Waals surface area (Å²) in [6.07, 6.45) is 0. The summed E-state index contributed by atoms with van der Waals surface area (Å²) in [4.78, 5) is 8.23. The van der Waals surface area contributed by atoms with Gasteiger partial charge < -0.3 is 9.47 Å². The Hall–Kier alpha value is -1.43. The van der Waals surface area contributed by atoms with Gasteiger partial charge in [0, 0.05) is 30.1 Å². The number of benzene rings is 1. The molecule has 1 fully saturated rings. The third-order valence-electron chi connectivity index (χ3n) is 3.81. The monoisotopic (exact) mass is 318 g/mol. The number of aromatic nitrogens is 1. The smallest absolute Gasteiger partial charge is 0.119 e. The largest absolute Gasteiger partial charge is 0.492 e. The van der Waals surface area contributed by atoms with Crippen LogP contribution in [0.4, 0.5) is 0 Å². The molecule has 118 valence electrons. The minimum Gasteiger partial charge on any atom is -0.492 e. The fraction of sp³-hybridized carbons (Fsp3) is 0.471. The van der Waals surface area contributed by atoms with Crippen LogP contribution in [0, 0.1) is 13.8 Å². The summed E-state index contributed by atoms with van der Waals surface area (Å²) < 4.78 is 11.2. The van der Waals surface area contributed by atoms with Crippen LogP contribution < -0.4 is 4.74 Å². The highest BCUT2D eigenvalue weighted by atomic mass is 32.1. The lowest BCUT2D eigenvalue weighted by Crippen LogP contribution is -2.38. The fourth-order valence-electron chi connectivity index (χ4n) is 2.62. The number of aryl methyl sites for hydroxylation is 2. The van der Waals surface area contributed by atoms with E-state index in [-0.39, 0.29) is 0 Å². The van der Waals surface area contributed by atoms with Crippen LogP contribution in [0.2, 0.25) is 0 Å². The maximum atomic E-state index is 5.83. The van der Waals surface area contributed by atoms with Crippen molar-refractivity contribution < 1.29 is 9.47 Å². The molecule has 1 aromatic heterocycles. The van der Waals surface area contributed by atoms with E-state index in [0.29, 0.717) is 6.61 Å². The third kappa shape index (κ3) is 3.85. The molecule has 0 N–H and O–H groups in total. The molecule has 5 heteroatoms. The summed E-state index contributed by atoms with van der Waals surface area (Å²) in [5.41, 5.74) is 2.24. The molecule has 0 radical (unpaired) electrons. The van der Waals surface area contributed by atoms with Gasteiger partial charge in [-0.3, -0.25) is 4.90 Å². The first kappa shape index (κ1) is 15.5. The Kier molecular flexibility index (Phi) is 5.08. The first-order valence-corrected chi connectivity index (χ1v) is 8.51. The highest BCUT2D eigenvalue weighted by Crippen LogP contribution is 2.28. The van der Waals surface area contributed by atoms with Crippen molar-refractivity contribution in [3.8, 4) is 17.0 Å². The number of morpholine rings is 1. The Morgan fingerprint density at radius 2 is 1.91 bits per heavy atom. The lowest BCUT2D eigenvalue weighted by atomic mass is 10.1. The molecule has 1 aliphatic rings. The van der Waals surface area contributed by atoms with Gasteiger partial charge in [-0.1, -0.05) is 0 Å². The van der Waals surface area contributed by atoms with Crippen molar-refractivity contribution in [2.24, 2.45) is 0 Å². The maximum Gasteiger partial charge on any atom is 0.119 e. The van der Waals surface area contributed by atoms with Crippen molar-refractivity contribution in [2.75, 3.05) is 39.5 Å². The number of ether oxygens (including phenoxy) is 2. The molecule has 0 aliphatic carbocycles. The second-order valence-electron chi connectivity index (χ2n) is 5.46. The summed E-state index contributed by atoms with van der Waals surface area (Å²) in [5.74, 6) is 0.918. The van der Waals surface area contributed by atoms with Crippen LogP contribution >= 0.6 is 11.3 Å². The first-order valence-electron chi connectivity index (χ1n) is 7.70. The quantitative estimate of drug-likeness (QED) is 0.848. The summed E-state index contributed by atoms with van der Waals surface area (Å²) in [6.45, 7) is 9.51. The van der Waals surface area contributed by atoms with Crippen molar-refractivity contribution in [3.05, 3.63) is 34.2 Å². The van der Waals surface area contributed by atoms with E-state index in [1.54, 1.807) is 11.3 Å². The van der Waals surface area contributed by atoms with Crippen molar-refractivity contribution in [1.82, 2.24) is 9.88 Å². The zero-order valence-corrected chi connectivity index (χ0v) is 14.0. The van der Waals surface area contributed by atoms with E-state index in [9.17, 15) is 0 Å². The van der Waals surface area contributed by atoms with Crippen molar-refractivity contribution in [2.45, 2.75) is 13.8 Å². The maximum absolute atomic E-state index is 5.83. The van der Waals surface area contributed by atoms with E-state index in [0.717, 1.165) is 54.9 Å². The molecule has 1 aromatic carbocycles. The van der Waals surface area contributed by atoms with Gasteiger partial charge in [-0.15, -0.1) is 11.3 Å². The molecule has 22 heavy (non-hydrogen) atoms. The van der Waals surface area contributed by atoms with Gasteiger partial charge in [0.1, 0.15) is 12.4 Å². The predicted octanol–water partition coefficient (Wildman–Crippen LogP) is 3.14. The van der Waals surface area contributed by atoms with Crippen molar-refractivity contribution in [1.29, 1.82) is 0 Å². The molecule has 0 spiro atoms. The Bertz CT molecular complexity index is 604. The van der Waals surface area contributed by atoms with E-state index >= 15 is 0 Å². The molecule has 1 saturated heterocycles. The number of nitrogens with zero attached hydrogens (tertiary/aromatic N) is 2. The van der Waals surface area contributed by atoms with E-state index in [2.05, 4.69) is 28.9 Å². The molecule has 1 aliphatic heterocycles. The van der Waals surface area contributed by atoms with Gasteiger partial charge in [0.2, 0.25) is 0 Å². The number of hydrogen-bond donors (Lipinski definition) is 0. The molecule has 3 rings (SSSR count). The lowest BCUT2D eigenvalue weighted by molar-refractivity contribution is 0.0322. The van der Waals surface area contributed by atoms with E-state index in [1.165, 1.54) is 4.88 Å². The SMILES string of the molecule is Cc1nc(-c2ccc(OCCN3CCOCC3)cc2)c(C)s1. The van der Waals surface area contributed by atoms with Crippen molar-refractivity contribution in [3.63, 3.8) is 0 Å². The first-order chi connectivity index (χ1) is 10.7. The van der Waals surface area contributed by atoms with E-state index in [4.69, 9.17) is 9.47 Å². The van der Waals surface area contributed by atoms with Crippen LogP contribution in [0.5, 0.6) is 5.75 Å². The molecule has 0 unspecified atom stereocenters. The van der Waals surface area contributed by atoms with Gasteiger partial charge in [-0.25, -0.2) is 4.98 Å². The van der Waals surface area contributed by atoms with Gasteiger partial charge in [-0.2, -0.15) is 0 Å². The van der Waals surface area contributed by atoms with Gasteiger partial charge >= 0.3 is 0 Å². The average Bonchev–Trinajstić information content (AvgIpc) is 2.88. The number of rotatable bonds is 5. The van der Waals surface area contributed by atoms with Crippen LogP contribution in [0.3, 0.4) is 0 Å². The number of hydrogen-bond acceptors (Lipinski definition) is 5. The standard InChI is InChI=1S/C17H22N2O2S/c1-13-17(18-14(2)22-13)15-3-5-16(6-4-15)21-12-9-19-7-10-20-11-8-19/h3-6H,7-12H2,1-2H3. The highest BCUT2D eigenvalue weighted by molar-refractivity contribution is 7.11. The summed E-state index contributed by atoms with van der Waals surface area (Å²) in [7, 11) is 0. The fourth-order valence-corrected chi connectivity index (χ4v) is 3.46. The summed E-state index contributed by atoms with van der Waals surface area (Å²) >= 11 is 1.74. The molecule has 2 aromatic rings. The van der Waals surface area contributed by atoms with Crippen LogP contribution in [-0.4, -0.2) is 49.3 Å². The van der Waals surface area contributed by atoms with Crippen LogP contribution in [-0.2, 0) is 4.74 Å². The van der Waals surface area contributed by atoms with Gasteiger partial charge in [0.05, 0.1) is 23.9 Å². The zero-order valence-electron chi connectivity index (χ0n) is 13.2.